The van der Waals surface area contributed by atoms with Crippen molar-refractivity contribution in [3.05, 3.63) is 24.3 Å². The van der Waals surface area contributed by atoms with Gasteiger partial charge < -0.3 is 39.8 Å². The molecule has 162 valence electrons. The minimum atomic E-state index is -0.698. The maximum Gasteiger partial charge on any atom is 0.414 e. The van der Waals surface area contributed by atoms with Crippen LogP contribution in [-0.2, 0) is 4.74 Å². The molecule has 29 heavy (non-hydrogen) atoms. The van der Waals surface area contributed by atoms with Crippen LogP contribution in [0.5, 0.6) is 11.5 Å². The summed E-state index contributed by atoms with van der Waals surface area (Å²) in [6.45, 7) is 3.82. The van der Waals surface area contributed by atoms with E-state index in [2.05, 4.69) is 10.6 Å². The van der Waals surface area contributed by atoms with Crippen LogP contribution in [0.1, 0.15) is 0 Å². The third kappa shape index (κ3) is 8.55. The normalized spacial score (nSPS) is 14.8. The number of carbonyl (C=O) groups excluding carboxylic acids is 2. The topological polar surface area (TPSA) is 113 Å². The maximum absolute atomic E-state index is 11.9. The number of hydrogen-bond acceptors (Lipinski definition) is 7. The molecule has 0 spiro atoms. The van der Waals surface area contributed by atoms with Crippen molar-refractivity contribution in [1.82, 2.24) is 20.4 Å². The number of urea groups is 1. The predicted molar refractivity (Wildman–Crippen MR) is 106 cm³/mol. The maximum atomic E-state index is 11.9. The summed E-state index contributed by atoms with van der Waals surface area (Å²) in [5, 5.41) is 15.9. The van der Waals surface area contributed by atoms with E-state index in [1.807, 2.05) is 0 Å². The smallest absolute Gasteiger partial charge is 0.414 e. The number of ether oxygens (including phenoxy) is 3. The summed E-state index contributed by atoms with van der Waals surface area (Å²) in [7, 11) is 3.21. The Morgan fingerprint density at radius 2 is 1.83 bits per heavy atom. The third-order valence-corrected chi connectivity index (χ3v) is 4.09. The molecule has 0 unspecified atom stereocenters. The number of rotatable bonds is 9. The van der Waals surface area contributed by atoms with Gasteiger partial charge in [0.05, 0.1) is 13.2 Å². The van der Waals surface area contributed by atoms with Crippen molar-refractivity contribution in [2.24, 2.45) is 0 Å². The van der Waals surface area contributed by atoms with Gasteiger partial charge in [-0.05, 0) is 24.3 Å². The van der Waals surface area contributed by atoms with Crippen LogP contribution in [-0.4, -0.2) is 99.8 Å². The molecule has 1 aromatic rings. The summed E-state index contributed by atoms with van der Waals surface area (Å²) >= 11 is 0. The monoisotopic (exact) mass is 410 g/mol. The lowest BCUT2D eigenvalue weighted by atomic mass is 10.3. The lowest BCUT2D eigenvalue weighted by Gasteiger charge is -2.27. The van der Waals surface area contributed by atoms with Gasteiger partial charge in [-0.15, -0.1) is 0 Å². The number of amides is 3. The number of benzene rings is 1. The quantitative estimate of drug-likeness (QED) is 0.496. The summed E-state index contributed by atoms with van der Waals surface area (Å²) in [5.74, 6) is 0.976. The van der Waals surface area contributed by atoms with Gasteiger partial charge in [-0.2, -0.15) is 0 Å². The van der Waals surface area contributed by atoms with E-state index in [0.717, 1.165) is 0 Å². The van der Waals surface area contributed by atoms with Crippen LogP contribution in [0.2, 0.25) is 0 Å². The van der Waals surface area contributed by atoms with Crippen LogP contribution < -0.4 is 20.1 Å². The number of morpholine rings is 1. The molecule has 1 aliphatic rings. The molecule has 0 bridgehead atoms. The largest absolute Gasteiger partial charge is 0.491 e. The van der Waals surface area contributed by atoms with Gasteiger partial charge in [-0.1, -0.05) is 0 Å². The molecule has 2 rings (SSSR count). The molecule has 1 heterocycles. The fraction of sp³-hybridized carbons (Fsp3) is 0.579. The molecule has 0 aromatic heterocycles. The van der Waals surface area contributed by atoms with Gasteiger partial charge in [0, 0.05) is 46.8 Å². The van der Waals surface area contributed by atoms with E-state index >= 15 is 0 Å². The van der Waals surface area contributed by atoms with Gasteiger partial charge in [-0.25, -0.2) is 9.59 Å². The summed E-state index contributed by atoms with van der Waals surface area (Å²) < 4.78 is 15.9. The van der Waals surface area contributed by atoms with Gasteiger partial charge in [-0.3, -0.25) is 0 Å². The van der Waals surface area contributed by atoms with Crippen molar-refractivity contribution in [2.45, 2.75) is 6.10 Å². The first-order chi connectivity index (χ1) is 14.0. The zero-order valence-electron chi connectivity index (χ0n) is 16.9. The van der Waals surface area contributed by atoms with Gasteiger partial charge in [0.15, 0.2) is 0 Å². The van der Waals surface area contributed by atoms with Gasteiger partial charge in [0.25, 0.3) is 0 Å². The first-order valence-corrected chi connectivity index (χ1v) is 9.57. The second-order valence-corrected chi connectivity index (χ2v) is 6.73. The predicted octanol–water partition coefficient (Wildman–Crippen LogP) is 0.118. The van der Waals surface area contributed by atoms with Crippen molar-refractivity contribution < 1.29 is 28.9 Å². The molecule has 3 N–H and O–H groups in total. The second-order valence-electron chi connectivity index (χ2n) is 6.73. The average molecular weight is 410 g/mol. The molecule has 1 fully saturated rings. The average Bonchev–Trinajstić information content (AvgIpc) is 2.73. The van der Waals surface area contributed by atoms with Crippen LogP contribution in [0.4, 0.5) is 9.59 Å². The molecule has 1 atom stereocenters. The third-order valence-electron chi connectivity index (χ3n) is 4.09. The molecule has 1 aromatic carbocycles. The minimum Gasteiger partial charge on any atom is -0.491 e. The van der Waals surface area contributed by atoms with Crippen molar-refractivity contribution in [3.63, 3.8) is 0 Å². The number of nitrogens with zero attached hydrogens (tertiary/aromatic N) is 2. The Kier molecular flexibility index (Phi) is 9.48. The van der Waals surface area contributed by atoms with Crippen LogP contribution in [0.25, 0.3) is 0 Å². The summed E-state index contributed by atoms with van der Waals surface area (Å²) in [5.41, 5.74) is 0. The zero-order chi connectivity index (χ0) is 21.1. The van der Waals surface area contributed by atoms with Gasteiger partial charge >= 0.3 is 12.1 Å². The Morgan fingerprint density at radius 1 is 1.17 bits per heavy atom. The van der Waals surface area contributed by atoms with Gasteiger partial charge in [0.2, 0.25) is 0 Å². The highest BCUT2D eigenvalue weighted by Gasteiger charge is 2.15. The molecule has 3 amide bonds. The molecule has 0 aliphatic carbocycles. The van der Waals surface area contributed by atoms with Gasteiger partial charge in [0.1, 0.15) is 24.2 Å². The van der Waals surface area contributed by atoms with E-state index < -0.39 is 12.2 Å². The van der Waals surface area contributed by atoms with Crippen molar-refractivity contribution >= 4 is 12.1 Å². The van der Waals surface area contributed by atoms with E-state index in [0.29, 0.717) is 57.4 Å². The Hall–Kier alpha value is -2.56. The highest BCUT2D eigenvalue weighted by Crippen LogP contribution is 2.18. The molecular weight excluding hydrogens is 380 g/mol. The van der Waals surface area contributed by atoms with E-state index in [4.69, 9.17) is 14.2 Å². The standard InChI is InChI=1S/C19H30N4O6/c1-22(2)19(26)29-17-5-3-16(4-6-17)28-14-15(24)13-20-7-8-21-18(25)23-9-11-27-12-10-23/h3-6,15,20,24H,7-14H2,1-2H3,(H,21,25)/t15-/m0/s1. The van der Waals surface area contributed by atoms with Crippen LogP contribution in [0.3, 0.4) is 0 Å². The number of nitrogens with one attached hydrogen (secondary N) is 2. The number of aliphatic hydroxyl groups is 1. The summed E-state index contributed by atoms with van der Waals surface area (Å²) in [6.07, 6.45) is -1.16. The Morgan fingerprint density at radius 3 is 2.48 bits per heavy atom. The number of hydrogen-bond donors (Lipinski definition) is 3. The zero-order valence-corrected chi connectivity index (χ0v) is 16.9. The van der Waals surface area contributed by atoms with Crippen LogP contribution in [0.15, 0.2) is 24.3 Å². The lowest BCUT2D eigenvalue weighted by Crippen LogP contribution is -2.47. The Balaban J connectivity index is 1.55. The SMILES string of the molecule is CN(C)C(=O)Oc1ccc(OC[C@@H](O)CNCCNC(=O)N2CCOCC2)cc1. The van der Waals surface area contributed by atoms with Crippen LogP contribution in [0, 0.1) is 0 Å². The molecule has 10 heteroatoms. The van der Waals surface area contributed by atoms with E-state index in [-0.39, 0.29) is 12.6 Å². The summed E-state index contributed by atoms with van der Waals surface area (Å²) in [4.78, 5) is 26.4. The lowest BCUT2D eigenvalue weighted by molar-refractivity contribution is 0.0532. The fourth-order valence-corrected chi connectivity index (χ4v) is 2.45. The molecule has 0 saturated carbocycles. The number of carbonyl (C=O) groups is 2. The van der Waals surface area contributed by atoms with E-state index in [9.17, 15) is 14.7 Å². The summed E-state index contributed by atoms with van der Waals surface area (Å²) in [6, 6.07) is 6.48. The van der Waals surface area contributed by atoms with E-state index in [1.54, 1.807) is 43.3 Å². The molecular formula is C19H30N4O6. The first-order valence-electron chi connectivity index (χ1n) is 9.57. The molecule has 10 nitrogen and oxygen atoms in total. The highest BCUT2D eigenvalue weighted by molar-refractivity contribution is 5.74. The fourth-order valence-electron chi connectivity index (χ4n) is 2.45. The minimum absolute atomic E-state index is 0.0984. The van der Waals surface area contributed by atoms with Crippen molar-refractivity contribution in [1.29, 1.82) is 0 Å². The second kappa shape index (κ2) is 12.1. The number of aliphatic hydroxyl groups excluding tert-OH is 1. The Labute approximate surface area is 170 Å². The molecule has 1 aliphatic heterocycles. The van der Waals surface area contributed by atoms with Crippen molar-refractivity contribution in [2.75, 3.05) is 66.6 Å². The van der Waals surface area contributed by atoms with E-state index in [1.165, 1.54) is 4.90 Å². The molecule has 0 radical (unpaired) electrons. The van der Waals surface area contributed by atoms with Crippen LogP contribution >= 0.6 is 0 Å². The Bertz CT molecular complexity index is 634. The van der Waals surface area contributed by atoms with Crippen molar-refractivity contribution in [3.8, 4) is 11.5 Å². The highest BCUT2D eigenvalue weighted by atomic mass is 16.6. The first kappa shape index (κ1) is 22.7. The molecule has 1 saturated heterocycles.